The molecule has 0 saturated heterocycles. The van der Waals surface area contributed by atoms with Gasteiger partial charge in [0.25, 0.3) is 0 Å². The molecule has 2 heterocycles. The molecule has 0 spiro atoms. The van der Waals surface area contributed by atoms with Crippen LogP contribution in [0.3, 0.4) is 0 Å². The number of fused-ring (bicyclic) bond motifs is 4. The molecule has 1 aliphatic carbocycles. The van der Waals surface area contributed by atoms with Gasteiger partial charge in [0.2, 0.25) is 0 Å². The summed E-state index contributed by atoms with van der Waals surface area (Å²) in [6.45, 7) is 0. The minimum absolute atomic E-state index is 0.113. The van der Waals surface area contributed by atoms with E-state index in [0.717, 1.165) is 18.4 Å². The average molecular weight is 308 g/mol. The molecule has 1 aromatic carbocycles. The van der Waals surface area contributed by atoms with Gasteiger partial charge in [-0.05, 0) is 0 Å². The van der Waals surface area contributed by atoms with Crippen LogP contribution in [0.5, 0.6) is 5.75 Å². The Hall–Kier alpha value is -1.42. The monoisotopic (exact) mass is 308 g/mol. The van der Waals surface area contributed by atoms with Crippen LogP contribution in [0.25, 0.3) is 0 Å². The number of rotatable bonds is 2. The molecular formula is C15H17O5P. The van der Waals surface area contributed by atoms with Crippen LogP contribution in [-0.4, -0.2) is 20.0 Å². The van der Waals surface area contributed by atoms with Gasteiger partial charge in [0.15, 0.2) is 0 Å². The molecule has 0 radical (unpaired) electrons. The predicted octanol–water partition coefficient (Wildman–Crippen LogP) is 3.66. The van der Waals surface area contributed by atoms with Crippen molar-refractivity contribution in [1.82, 2.24) is 0 Å². The zero-order valence-electron chi connectivity index (χ0n) is 12.0. The number of ketones is 1. The number of allylic oxidation sites excluding steroid dienone is 2. The van der Waals surface area contributed by atoms with Crippen molar-refractivity contribution in [3.63, 3.8) is 0 Å². The Balaban J connectivity index is 1.99. The molecule has 0 fully saturated rings. The first-order valence-electron chi connectivity index (χ1n) is 7.03. The fraction of sp³-hybridized carbons (Fsp3) is 0.400. The number of hydrogen-bond acceptors (Lipinski definition) is 5. The van der Waals surface area contributed by atoms with E-state index in [2.05, 4.69) is 0 Å². The summed E-state index contributed by atoms with van der Waals surface area (Å²) in [6.07, 6.45) is 2.07. The van der Waals surface area contributed by atoms with Crippen molar-refractivity contribution in [1.29, 1.82) is 0 Å². The Labute approximate surface area is 123 Å². The Kier molecular flexibility index (Phi) is 2.57. The van der Waals surface area contributed by atoms with Gasteiger partial charge in [0.05, 0.1) is 0 Å². The van der Waals surface area contributed by atoms with E-state index in [9.17, 15) is 4.79 Å². The molecule has 3 aliphatic rings. The molecule has 21 heavy (non-hydrogen) atoms. The van der Waals surface area contributed by atoms with Gasteiger partial charge in [0.1, 0.15) is 0 Å². The normalized spacial score (nSPS) is 29.5. The molecule has 112 valence electrons. The van der Waals surface area contributed by atoms with E-state index < -0.39 is 7.51 Å². The second-order valence-corrected chi connectivity index (χ2v) is 8.82. The van der Waals surface area contributed by atoms with Crippen molar-refractivity contribution in [2.24, 2.45) is 0 Å². The molecule has 0 saturated carbocycles. The average Bonchev–Trinajstić information content (AvgIpc) is 2.95. The van der Waals surface area contributed by atoms with Gasteiger partial charge >= 0.3 is 122 Å². The first-order chi connectivity index (χ1) is 10.1. The van der Waals surface area contributed by atoms with E-state index in [1.54, 1.807) is 0 Å². The zero-order chi connectivity index (χ0) is 14.7. The standard InChI is InChI=1S/C15H17O5P/c1-17-21(18-2)15(10-6-3-4-8-12(10)19-21)14-11(16)7-5-9-13(14)20-21/h3-4,6,8,15H,5,7,9H2,1-2H3. The summed E-state index contributed by atoms with van der Waals surface area (Å²) in [4.78, 5) is 12.5. The fourth-order valence-corrected chi connectivity index (χ4v) is 7.15. The number of carbonyl (C=O) groups excluding carboxylic acids is 1. The van der Waals surface area contributed by atoms with E-state index in [1.165, 1.54) is 14.2 Å². The predicted molar refractivity (Wildman–Crippen MR) is 77.7 cm³/mol. The molecule has 1 aromatic rings. The summed E-state index contributed by atoms with van der Waals surface area (Å²) in [6, 6.07) is 7.62. The Bertz CT molecular complexity index is 676. The van der Waals surface area contributed by atoms with Crippen molar-refractivity contribution in [2.45, 2.75) is 24.9 Å². The summed E-state index contributed by atoms with van der Waals surface area (Å²) in [5.74, 6) is 1.48. The van der Waals surface area contributed by atoms with E-state index >= 15 is 0 Å². The van der Waals surface area contributed by atoms with Gasteiger partial charge in [-0.2, -0.15) is 0 Å². The van der Waals surface area contributed by atoms with E-state index in [0.29, 0.717) is 23.5 Å². The Morgan fingerprint density at radius 3 is 2.67 bits per heavy atom. The summed E-state index contributed by atoms with van der Waals surface area (Å²) < 4.78 is 23.8. The number of benzene rings is 1. The molecule has 6 heteroatoms. The molecule has 0 N–H and O–H groups in total. The van der Waals surface area contributed by atoms with E-state index in [1.807, 2.05) is 24.3 Å². The second kappa shape index (κ2) is 4.07. The van der Waals surface area contributed by atoms with Gasteiger partial charge in [-0.25, -0.2) is 0 Å². The van der Waals surface area contributed by atoms with Crippen LogP contribution in [0.1, 0.15) is 30.5 Å². The van der Waals surface area contributed by atoms with E-state index in [4.69, 9.17) is 18.1 Å². The van der Waals surface area contributed by atoms with Crippen molar-refractivity contribution in [2.75, 3.05) is 14.2 Å². The zero-order valence-corrected chi connectivity index (χ0v) is 12.9. The van der Waals surface area contributed by atoms with Crippen LogP contribution in [0.2, 0.25) is 0 Å². The van der Waals surface area contributed by atoms with Crippen molar-refractivity contribution < 1.29 is 22.9 Å². The van der Waals surface area contributed by atoms with Gasteiger partial charge in [0, 0.05) is 0 Å². The topological polar surface area (TPSA) is 54.0 Å². The maximum absolute atomic E-state index is 12.5. The third-order valence-corrected chi connectivity index (χ3v) is 8.28. The van der Waals surface area contributed by atoms with Gasteiger partial charge in [-0.3, -0.25) is 0 Å². The SMILES string of the molecule is COP12(OC)OC3=C(C(=O)CCC3)C1c1ccccc1O2. The number of para-hydroxylation sites is 1. The molecule has 1 unspecified atom stereocenters. The van der Waals surface area contributed by atoms with Crippen LogP contribution in [0, 0.1) is 0 Å². The van der Waals surface area contributed by atoms with Gasteiger partial charge in [-0.1, -0.05) is 0 Å². The fourth-order valence-electron chi connectivity index (χ4n) is 3.55. The third kappa shape index (κ3) is 1.44. The molecule has 0 amide bonds. The molecule has 5 nitrogen and oxygen atoms in total. The van der Waals surface area contributed by atoms with Crippen molar-refractivity contribution in [3.05, 3.63) is 41.2 Å². The number of hydrogen-bond donors (Lipinski definition) is 0. The Morgan fingerprint density at radius 2 is 1.90 bits per heavy atom. The maximum atomic E-state index is 12.5. The molecular weight excluding hydrogens is 291 g/mol. The van der Waals surface area contributed by atoms with Crippen LogP contribution in [-0.2, 0) is 18.4 Å². The summed E-state index contributed by atoms with van der Waals surface area (Å²) in [5.41, 5.74) is 1.22. The molecule has 2 aliphatic heterocycles. The third-order valence-electron chi connectivity index (χ3n) is 4.51. The quantitative estimate of drug-likeness (QED) is 0.780. The summed E-state index contributed by atoms with van der Waals surface area (Å²) in [7, 11) is -0.795. The molecule has 1 atom stereocenters. The summed E-state index contributed by atoms with van der Waals surface area (Å²) in [5, 5.41) is 0. The van der Waals surface area contributed by atoms with Crippen molar-refractivity contribution >= 4 is 13.3 Å². The van der Waals surface area contributed by atoms with Gasteiger partial charge < -0.3 is 0 Å². The molecule has 4 rings (SSSR count). The summed E-state index contributed by atoms with van der Waals surface area (Å²) >= 11 is 0. The number of Topliss-reactive ketones (excluding diaryl/α,β-unsaturated/α-hetero) is 1. The van der Waals surface area contributed by atoms with Crippen molar-refractivity contribution in [3.8, 4) is 5.75 Å². The first-order valence-corrected chi connectivity index (χ1v) is 9.01. The molecule has 0 bridgehead atoms. The van der Waals surface area contributed by atoms with Crippen LogP contribution < -0.4 is 4.52 Å². The van der Waals surface area contributed by atoms with Crippen LogP contribution in [0.4, 0.5) is 0 Å². The van der Waals surface area contributed by atoms with Crippen LogP contribution in [0.15, 0.2) is 35.6 Å². The molecule has 0 aromatic heterocycles. The van der Waals surface area contributed by atoms with Gasteiger partial charge in [-0.15, -0.1) is 0 Å². The second-order valence-electron chi connectivity index (χ2n) is 5.47. The Morgan fingerprint density at radius 1 is 1.14 bits per heavy atom. The minimum atomic E-state index is -3.86. The first kappa shape index (κ1) is 13.3. The van der Waals surface area contributed by atoms with E-state index in [-0.39, 0.29) is 11.4 Å². The van der Waals surface area contributed by atoms with Crippen LogP contribution >= 0.6 is 7.51 Å². The number of carbonyl (C=O) groups is 1.